The van der Waals surface area contributed by atoms with Gasteiger partial charge in [-0.2, -0.15) is 0 Å². The molecule has 0 spiro atoms. The minimum atomic E-state index is -0.263. The number of benzene rings is 8. The van der Waals surface area contributed by atoms with Crippen LogP contribution in [0.25, 0.3) is 66.6 Å². The Labute approximate surface area is 302 Å². The lowest BCUT2D eigenvalue weighted by atomic mass is 9.99. The van der Waals surface area contributed by atoms with Crippen LogP contribution < -0.4 is 4.90 Å². The summed E-state index contributed by atoms with van der Waals surface area (Å²) in [7, 11) is 0. The van der Waals surface area contributed by atoms with E-state index < -0.39 is 0 Å². The van der Waals surface area contributed by atoms with Crippen molar-refractivity contribution in [1.82, 2.24) is 9.97 Å². The fourth-order valence-corrected chi connectivity index (χ4v) is 6.90. The molecular weight excluding hydrogens is 638 g/mol. The fourth-order valence-electron chi connectivity index (χ4n) is 6.90. The number of rotatable bonds is 7. The Hall–Kier alpha value is -6.91. The Morgan fingerprint density at radius 1 is 0.365 bits per heavy atom. The molecule has 9 rings (SSSR count). The van der Waals surface area contributed by atoms with Crippen molar-refractivity contribution in [3.05, 3.63) is 200 Å². The highest BCUT2D eigenvalue weighted by molar-refractivity contribution is 6.06. The van der Waals surface area contributed by atoms with E-state index in [4.69, 9.17) is 9.97 Å². The Bertz CT molecular complexity index is 2640. The summed E-state index contributed by atoms with van der Waals surface area (Å²) >= 11 is 0. The van der Waals surface area contributed by atoms with Gasteiger partial charge in [0.25, 0.3) is 0 Å². The van der Waals surface area contributed by atoms with E-state index in [0.29, 0.717) is 0 Å². The smallest absolute Gasteiger partial charge is 0.123 e. The number of hydrogen-bond donors (Lipinski definition) is 0. The predicted octanol–water partition coefficient (Wildman–Crippen LogP) is 13.1. The molecule has 1 heterocycles. The lowest BCUT2D eigenvalue weighted by Gasteiger charge is -2.26. The minimum Gasteiger partial charge on any atom is -0.311 e. The number of fused-ring (bicyclic) bond motifs is 3. The summed E-state index contributed by atoms with van der Waals surface area (Å²) < 4.78 is 14.0. The van der Waals surface area contributed by atoms with E-state index in [9.17, 15) is 4.39 Å². The molecule has 3 nitrogen and oxygen atoms in total. The highest BCUT2D eigenvalue weighted by atomic mass is 19.1. The maximum atomic E-state index is 14.0. The first-order valence-corrected chi connectivity index (χ1v) is 17.3. The second-order valence-electron chi connectivity index (χ2n) is 12.8. The van der Waals surface area contributed by atoms with Crippen LogP contribution in [0, 0.1) is 5.82 Å². The largest absolute Gasteiger partial charge is 0.311 e. The van der Waals surface area contributed by atoms with Gasteiger partial charge in [-0.1, -0.05) is 133 Å². The summed E-state index contributed by atoms with van der Waals surface area (Å²) in [6.07, 6.45) is 0. The number of hydrogen-bond acceptors (Lipinski definition) is 3. The van der Waals surface area contributed by atoms with Gasteiger partial charge in [-0.15, -0.1) is 0 Å². The summed E-state index contributed by atoms with van der Waals surface area (Å²) in [5.41, 5.74) is 12.9. The van der Waals surface area contributed by atoms with Crippen LogP contribution in [0.5, 0.6) is 0 Å². The van der Waals surface area contributed by atoms with Gasteiger partial charge in [0.2, 0.25) is 0 Å². The van der Waals surface area contributed by atoms with Crippen LogP contribution in [-0.2, 0) is 0 Å². The van der Waals surface area contributed by atoms with Crippen molar-refractivity contribution in [1.29, 1.82) is 0 Å². The summed E-state index contributed by atoms with van der Waals surface area (Å²) in [4.78, 5) is 12.6. The monoisotopic (exact) mass is 669 g/mol. The van der Waals surface area contributed by atoms with Crippen molar-refractivity contribution >= 4 is 38.9 Å². The third-order valence-electron chi connectivity index (χ3n) is 9.52. The van der Waals surface area contributed by atoms with Gasteiger partial charge in [-0.3, -0.25) is 0 Å². The van der Waals surface area contributed by atoms with Gasteiger partial charge in [0, 0.05) is 33.6 Å². The van der Waals surface area contributed by atoms with Crippen LogP contribution in [0.3, 0.4) is 0 Å². The Kier molecular flexibility index (Phi) is 8.03. The summed E-state index contributed by atoms with van der Waals surface area (Å²) in [5, 5.41) is 2.16. The van der Waals surface area contributed by atoms with Crippen molar-refractivity contribution < 1.29 is 4.39 Å². The first-order valence-electron chi connectivity index (χ1n) is 17.3. The highest BCUT2D eigenvalue weighted by Gasteiger charge is 2.16. The standard InChI is InChI=1S/C48H32FN3/c49-40-22-28-43(29-23-40)52(41-24-16-34(17-25-41)33-10-4-1-5-11-33)42-26-18-35(19-27-42)38-20-30-44-39(32-38)21-31-45-48(44)51-47(37-14-8-3-9-15-37)46(50-45)36-12-6-2-7-13-36/h1-32H. The van der Waals surface area contributed by atoms with Crippen molar-refractivity contribution in [2.75, 3.05) is 4.90 Å². The lowest BCUT2D eigenvalue weighted by Crippen LogP contribution is -2.09. The first kappa shape index (κ1) is 31.1. The molecule has 246 valence electrons. The molecule has 0 aliphatic heterocycles. The molecule has 4 heteroatoms. The number of nitrogens with zero attached hydrogens (tertiary/aromatic N) is 3. The van der Waals surface area contributed by atoms with Gasteiger partial charge in [0.05, 0.1) is 22.4 Å². The Morgan fingerprint density at radius 3 is 1.37 bits per heavy atom. The molecule has 0 amide bonds. The predicted molar refractivity (Wildman–Crippen MR) is 213 cm³/mol. The van der Waals surface area contributed by atoms with Crippen molar-refractivity contribution in [2.45, 2.75) is 0 Å². The molecule has 0 radical (unpaired) electrons. The Morgan fingerprint density at radius 2 is 0.808 bits per heavy atom. The molecule has 9 aromatic rings. The summed E-state index contributed by atoms with van der Waals surface area (Å²) in [6, 6.07) is 65.3. The zero-order valence-electron chi connectivity index (χ0n) is 28.2. The average molecular weight is 670 g/mol. The molecule has 0 aliphatic rings. The van der Waals surface area contributed by atoms with Gasteiger partial charge in [-0.25, -0.2) is 14.4 Å². The van der Waals surface area contributed by atoms with Gasteiger partial charge in [0.1, 0.15) is 5.82 Å². The van der Waals surface area contributed by atoms with E-state index in [0.717, 1.165) is 83.6 Å². The van der Waals surface area contributed by atoms with Crippen LogP contribution in [0.4, 0.5) is 21.5 Å². The van der Waals surface area contributed by atoms with E-state index in [-0.39, 0.29) is 5.82 Å². The molecule has 0 saturated heterocycles. The van der Waals surface area contributed by atoms with Gasteiger partial charge < -0.3 is 4.90 Å². The van der Waals surface area contributed by atoms with E-state index >= 15 is 0 Å². The zero-order chi connectivity index (χ0) is 34.9. The van der Waals surface area contributed by atoms with Crippen molar-refractivity contribution in [3.63, 3.8) is 0 Å². The molecular formula is C48H32FN3. The van der Waals surface area contributed by atoms with Crippen LogP contribution in [0.15, 0.2) is 194 Å². The third-order valence-corrected chi connectivity index (χ3v) is 9.52. The van der Waals surface area contributed by atoms with E-state index in [1.54, 1.807) is 0 Å². The van der Waals surface area contributed by atoms with E-state index in [1.807, 2.05) is 66.7 Å². The van der Waals surface area contributed by atoms with Crippen molar-refractivity contribution in [2.24, 2.45) is 0 Å². The van der Waals surface area contributed by atoms with Crippen LogP contribution in [-0.4, -0.2) is 9.97 Å². The molecule has 0 unspecified atom stereocenters. The number of aromatic nitrogens is 2. The van der Waals surface area contributed by atoms with Crippen molar-refractivity contribution in [3.8, 4) is 44.8 Å². The number of halogens is 1. The summed E-state index contributed by atoms with van der Waals surface area (Å²) in [5.74, 6) is -0.263. The molecule has 0 N–H and O–H groups in total. The molecule has 0 bridgehead atoms. The van der Waals surface area contributed by atoms with E-state index in [1.165, 1.54) is 12.1 Å². The maximum absolute atomic E-state index is 14.0. The first-order chi connectivity index (χ1) is 25.7. The molecule has 0 saturated carbocycles. The highest BCUT2D eigenvalue weighted by Crippen LogP contribution is 2.38. The Balaban J connectivity index is 1.08. The fraction of sp³-hybridized carbons (Fsp3) is 0. The molecule has 0 aliphatic carbocycles. The van der Waals surface area contributed by atoms with Gasteiger partial charge in [0.15, 0.2) is 0 Å². The number of anilines is 3. The maximum Gasteiger partial charge on any atom is 0.123 e. The average Bonchev–Trinajstić information content (AvgIpc) is 3.22. The zero-order valence-corrected chi connectivity index (χ0v) is 28.2. The molecule has 52 heavy (non-hydrogen) atoms. The normalized spacial score (nSPS) is 11.2. The van der Waals surface area contributed by atoms with Gasteiger partial charge >= 0.3 is 0 Å². The van der Waals surface area contributed by atoms with Gasteiger partial charge in [-0.05, 0) is 88.3 Å². The third kappa shape index (κ3) is 5.97. The second-order valence-corrected chi connectivity index (χ2v) is 12.8. The molecule has 1 aromatic heterocycles. The molecule has 0 atom stereocenters. The minimum absolute atomic E-state index is 0.263. The SMILES string of the molecule is Fc1ccc(N(c2ccc(-c3ccccc3)cc2)c2ccc(-c3ccc4c(ccc5nc(-c6ccccc6)c(-c6ccccc6)nc54)c3)cc2)cc1. The van der Waals surface area contributed by atoms with Crippen LogP contribution in [0.1, 0.15) is 0 Å². The second kappa shape index (κ2) is 13.4. The topological polar surface area (TPSA) is 29.0 Å². The molecule has 8 aromatic carbocycles. The van der Waals surface area contributed by atoms with E-state index in [2.05, 4.69) is 120 Å². The molecule has 0 fully saturated rings. The van der Waals surface area contributed by atoms with Crippen LogP contribution in [0.2, 0.25) is 0 Å². The van der Waals surface area contributed by atoms with Crippen LogP contribution >= 0.6 is 0 Å². The lowest BCUT2D eigenvalue weighted by molar-refractivity contribution is 0.628. The summed E-state index contributed by atoms with van der Waals surface area (Å²) in [6.45, 7) is 0. The quantitative estimate of drug-likeness (QED) is 0.158.